The maximum atomic E-state index is 12.7. The second-order valence-electron chi connectivity index (χ2n) is 10.0. The smallest absolute Gasteiger partial charge is 0.277 e. The van der Waals surface area contributed by atoms with Crippen molar-refractivity contribution in [1.82, 2.24) is 15.5 Å². The first-order valence-electron chi connectivity index (χ1n) is 11.2. The molecule has 0 radical (unpaired) electrons. The van der Waals surface area contributed by atoms with E-state index >= 15 is 0 Å². The number of aryl methyl sites for hydroxylation is 2. The van der Waals surface area contributed by atoms with E-state index in [1.165, 1.54) is 61.4 Å². The summed E-state index contributed by atoms with van der Waals surface area (Å²) in [4.78, 5) is 12.7. The van der Waals surface area contributed by atoms with Crippen molar-refractivity contribution in [3.63, 3.8) is 0 Å². The molecule has 1 N–H and O–H groups in total. The lowest BCUT2D eigenvalue weighted by Crippen LogP contribution is -2.56. The van der Waals surface area contributed by atoms with Gasteiger partial charge in [-0.15, -0.1) is 10.2 Å². The number of hydrogen-bond donors (Lipinski definition) is 1. The summed E-state index contributed by atoms with van der Waals surface area (Å²) in [6.07, 6.45) is 8.19. The highest BCUT2D eigenvalue weighted by molar-refractivity contribution is 7.99. The minimum atomic E-state index is 0.0641. The number of carbonyl (C=O) groups is 1. The average molecular weight is 426 g/mol. The first-order chi connectivity index (χ1) is 14.4. The van der Waals surface area contributed by atoms with Crippen molar-refractivity contribution in [2.24, 2.45) is 23.2 Å². The molecule has 30 heavy (non-hydrogen) atoms. The lowest BCUT2D eigenvalue weighted by Gasteiger charge is -2.59. The molecule has 1 aromatic carbocycles. The van der Waals surface area contributed by atoms with Crippen molar-refractivity contribution in [2.75, 3.05) is 5.75 Å². The normalized spacial score (nSPS) is 30.4. The fourth-order valence-corrected chi connectivity index (χ4v) is 7.11. The Morgan fingerprint density at radius 3 is 2.43 bits per heavy atom. The Kier molecular flexibility index (Phi) is 5.16. The van der Waals surface area contributed by atoms with Crippen LogP contribution in [0.2, 0.25) is 0 Å². The van der Waals surface area contributed by atoms with E-state index in [2.05, 4.69) is 48.4 Å². The van der Waals surface area contributed by atoms with Crippen LogP contribution in [0.5, 0.6) is 0 Å². The van der Waals surface area contributed by atoms with E-state index in [9.17, 15) is 4.79 Å². The van der Waals surface area contributed by atoms with Gasteiger partial charge in [0.1, 0.15) is 0 Å². The molecule has 4 bridgehead atoms. The average Bonchev–Trinajstić information content (AvgIpc) is 3.16. The number of hydrogen-bond acceptors (Lipinski definition) is 5. The molecule has 160 valence electrons. The van der Waals surface area contributed by atoms with Crippen molar-refractivity contribution < 1.29 is 9.21 Å². The van der Waals surface area contributed by atoms with Gasteiger partial charge in [-0.3, -0.25) is 4.79 Å². The van der Waals surface area contributed by atoms with Crippen LogP contribution in [-0.2, 0) is 4.79 Å². The molecule has 0 saturated heterocycles. The molecule has 6 heteroatoms. The quantitative estimate of drug-likeness (QED) is 0.647. The summed E-state index contributed by atoms with van der Waals surface area (Å²) < 4.78 is 5.78. The number of nitrogens with one attached hydrogen (secondary N) is 1. The predicted molar refractivity (Wildman–Crippen MR) is 118 cm³/mol. The summed E-state index contributed by atoms with van der Waals surface area (Å²) in [5, 5.41) is 12.0. The zero-order chi connectivity index (χ0) is 20.9. The van der Waals surface area contributed by atoms with Crippen LogP contribution in [0, 0.1) is 37.0 Å². The van der Waals surface area contributed by atoms with E-state index < -0.39 is 0 Å². The number of nitrogens with zero attached hydrogens (tertiary/aromatic N) is 2. The van der Waals surface area contributed by atoms with Crippen LogP contribution in [0.25, 0.3) is 11.5 Å². The fourth-order valence-electron chi connectivity index (χ4n) is 6.53. The van der Waals surface area contributed by atoms with Gasteiger partial charge in [-0.25, -0.2) is 0 Å². The van der Waals surface area contributed by atoms with Gasteiger partial charge in [-0.1, -0.05) is 17.8 Å². The molecule has 4 aliphatic rings. The van der Waals surface area contributed by atoms with Gasteiger partial charge < -0.3 is 9.73 Å². The Bertz CT molecular complexity index is 918. The summed E-state index contributed by atoms with van der Waals surface area (Å²) in [5.74, 6) is 3.56. The molecule has 0 spiro atoms. The van der Waals surface area contributed by atoms with Gasteiger partial charge in [0.05, 0.1) is 5.75 Å². The first kappa shape index (κ1) is 20.1. The van der Waals surface area contributed by atoms with Crippen LogP contribution >= 0.6 is 11.8 Å². The third-order valence-corrected chi connectivity index (χ3v) is 8.69. The summed E-state index contributed by atoms with van der Waals surface area (Å²) in [7, 11) is 0. The molecule has 1 amide bonds. The van der Waals surface area contributed by atoms with Crippen LogP contribution in [0.1, 0.15) is 56.6 Å². The van der Waals surface area contributed by atoms with Gasteiger partial charge >= 0.3 is 0 Å². The van der Waals surface area contributed by atoms with Crippen molar-refractivity contribution >= 4 is 17.7 Å². The topological polar surface area (TPSA) is 68.0 Å². The molecule has 0 aliphatic heterocycles. The molecule has 2 aromatic rings. The zero-order valence-corrected chi connectivity index (χ0v) is 18.9. The number of amides is 1. The lowest BCUT2D eigenvalue weighted by atomic mass is 9.48. The highest BCUT2D eigenvalue weighted by Crippen LogP contribution is 2.61. The van der Waals surface area contributed by atoms with E-state index in [1.54, 1.807) is 0 Å². The van der Waals surface area contributed by atoms with Crippen LogP contribution in [0.15, 0.2) is 27.8 Å². The molecule has 0 unspecified atom stereocenters. The number of rotatable bonds is 6. The molecule has 1 aromatic heterocycles. The number of benzene rings is 1. The Morgan fingerprint density at radius 2 is 1.80 bits per heavy atom. The summed E-state index contributed by atoms with van der Waals surface area (Å²) >= 11 is 1.32. The Balaban J connectivity index is 1.17. The second-order valence-corrected chi connectivity index (χ2v) is 11.0. The molecule has 5 nitrogen and oxygen atoms in total. The number of aromatic nitrogens is 2. The molecule has 4 aliphatic carbocycles. The van der Waals surface area contributed by atoms with E-state index in [1.807, 2.05) is 6.07 Å². The lowest BCUT2D eigenvalue weighted by molar-refractivity contribution is -0.123. The monoisotopic (exact) mass is 425 g/mol. The minimum Gasteiger partial charge on any atom is -0.411 e. The predicted octanol–water partition coefficient (Wildman–Crippen LogP) is 5.17. The van der Waals surface area contributed by atoms with Crippen molar-refractivity contribution in [3.8, 4) is 11.5 Å². The summed E-state index contributed by atoms with van der Waals surface area (Å²) in [5.41, 5.74) is 3.67. The van der Waals surface area contributed by atoms with E-state index in [4.69, 9.17) is 4.42 Å². The molecule has 4 saturated carbocycles. The summed E-state index contributed by atoms with van der Waals surface area (Å²) in [6.45, 7) is 6.37. The van der Waals surface area contributed by atoms with Gasteiger partial charge in [0.25, 0.3) is 5.22 Å². The number of thioether (sulfide) groups is 1. The highest BCUT2D eigenvalue weighted by atomic mass is 32.2. The fraction of sp³-hybridized carbons (Fsp3) is 0.625. The molecule has 4 fully saturated rings. The maximum Gasteiger partial charge on any atom is 0.277 e. The maximum absolute atomic E-state index is 12.7. The van der Waals surface area contributed by atoms with Crippen LogP contribution in [0.4, 0.5) is 0 Å². The highest BCUT2D eigenvalue weighted by Gasteiger charge is 2.53. The third kappa shape index (κ3) is 3.79. The Morgan fingerprint density at radius 1 is 1.13 bits per heavy atom. The largest absolute Gasteiger partial charge is 0.411 e. The van der Waals surface area contributed by atoms with Gasteiger partial charge in [-0.05, 0) is 106 Å². The molecular weight excluding hydrogens is 394 g/mol. The minimum absolute atomic E-state index is 0.0641. The first-order valence-corrected chi connectivity index (χ1v) is 12.2. The van der Waals surface area contributed by atoms with E-state index in [-0.39, 0.29) is 11.9 Å². The molecule has 1 atom stereocenters. The molecule has 1 heterocycles. The van der Waals surface area contributed by atoms with Gasteiger partial charge in [0.2, 0.25) is 11.8 Å². The third-order valence-electron chi connectivity index (χ3n) is 7.87. The summed E-state index contributed by atoms with van der Waals surface area (Å²) in [6, 6.07) is 6.34. The van der Waals surface area contributed by atoms with E-state index in [0.29, 0.717) is 22.3 Å². The SMILES string of the molecule is Cc1ccc(-c2nnc(SCC(=O)N[C@H](C)C34CC5CC(CC(C5)C3)C4)o2)cc1C. The zero-order valence-electron chi connectivity index (χ0n) is 18.1. The Hall–Kier alpha value is -1.82. The van der Waals surface area contributed by atoms with Crippen molar-refractivity contribution in [1.29, 1.82) is 0 Å². The van der Waals surface area contributed by atoms with Gasteiger partial charge in [0, 0.05) is 11.6 Å². The van der Waals surface area contributed by atoms with Crippen molar-refractivity contribution in [2.45, 2.75) is 70.6 Å². The van der Waals surface area contributed by atoms with Crippen molar-refractivity contribution in [3.05, 3.63) is 29.3 Å². The molecule has 6 rings (SSSR count). The standard InChI is InChI=1S/C24H31N3O2S/c1-14-4-5-20(6-15(14)2)22-26-27-23(29-22)30-13-21(28)25-16(3)24-10-17-7-18(11-24)9-19(8-17)12-24/h4-6,16-19H,7-13H2,1-3H3,(H,25,28)/t16-,17?,18?,19?,24?/m1/s1. The van der Waals surface area contributed by atoms with Crippen LogP contribution in [-0.4, -0.2) is 27.9 Å². The number of carbonyl (C=O) groups excluding carboxylic acids is 1. The van der Waals surface area contributed by atoms with Gasteiger partial charge in [-0.2, -0.15) is 0 Å². The van der Waals surface area contributed by atoms with Crippen LogP contribution in [0.3, 0.4) is 0 Å². The molecular formula is C24H31N3O2S. The van der Waals surface area contributed by atoms with E-state index in [0.717, 1.165) is 23.3 Å². The second kappa shape index (κ2) is 7.70. The Labute approximate surface area is 182 Å². The van der Waals surface area contributed by atoms with Crippen LogP contribution < -0.4 is 5.32 Å². The van der Waals surface area contributed by atoms with Gasteiger partial charge in [0.15, 0.2) is 0 Å².